The molecule has 2 saturated heterocycles. The first-order valence-electron chi connectivity index (χ1n) is 12.0. The maximum absolute atomic E-state index is 15.0. The summed E-state index contributed by atoms with van der Waals surface area (Å²) in [5.74, 6) is -0.872. The molecule has 3 amide bonds. The monoisotopic (exact) mass is 574 g/mol. The molecule has 2 aliphatic rings. The van der Waals surface area contributed by atoms with Crippen LogP contribution < -0.4 is 15.1 Å². The van der Waals surface area contributed by atoms with Crippen LogP contribution in [0, 0.1) is 5.82 Å². The molecule has 2 aliphatic heterocycles. The number of hydrogen-bond acceptors (Lipinski definition) is 6. The van der Waals surface area contributed by atoms with E-state index >= 15 is 4.39 Å². The molecule has 0 unspecified atom stereocenters. The third-order valence-corrected chi connectivity index (χ3v) is 6.93. The van der Waals surface area contributed by atoms with Crippen LogP contribution in [0.4, 0.5) is 20.6 Å². The van der Waals surface area contributed by atoms with Gasteiger partial charge in [-0.05, 0) is 30.3 Å². The fraction of sp³-hybridized carbons (Fsp3) is 0.385. The van der Waals surface area contributed by atoms with Crippen LogP contribution in [0.3, 0.4) is 0 Å². The summed E-state index contributed by atoms with van der Waals surface area (Å²) < 4.78 is 21.1. The average molecular weight is 575 g/mol. The predicted octanol–water partition coefficient (Wildman–Crippen LogP) is 3.36. The number of carbonyl (C=O) groups is 4. The quantitative estimate of drug-likeness (QED) is 0.485. The molecule has 196 valence electrons. The molecule has 2 aromatic carbocycles. The maximum Gasteiger partial charge on any atom is 0.414 e. The minimum absolute atomic E-state index is 0.0787. The number of ether oxygens (including phenoxy) is 1. The van der Waals surface area contributed by atoms with Crippen molar-refractivity contribution in [2.24, 2.45) is 0 Å². The zero-order valence-electron chi connectivity index (χ0n) is 20.4. The molecule has 0 aliphatic carbocycles. The second-order valence-corrected chi connectivity index (χ2v) is 9.90. The summed E-state index contributed by atoms with van der Waals surface area (Å²) in [5.41, 5.74) is 1.34. The Labute approximate surface area is 222 Å². The summed E-state index contributed by atoms with van der Waals surface area (Å²) in [5, 5.41) is 2.61. The van der Waals surface area contributed by atoms with Gasteiger partial charge in [0.2, 0.25) is 11.8 Å². The fourth-order valence-electron chi connectivity index (χ4n) is 4.37. The third kappa shape index (κ3) is 6.65. The van der Waals surface area contributed by atoms with Gasteiger partial charge in [-0.1, -0.05) is 28.1 Å². The maximum atomic E-state index is 15.0. The number of ketones is 1. The summed E-state index contributed by atoms with van der Waals surface area (Å²) in [7, 11) is 0. The topological polar surface area (TPSA) is 99.3 Å². The number of carbonyl (C=O) groups excluding carboxylic acids is 4. The third-order valence-electron chi connectivity index (χ3n) is 6.40. The summed E-state index contributed by atoms with van der Waals surface area (Å²) in [4.78, 5) is 53.2. The molecule has 2 heterocycles. The zero-order valence-corrected chi connectivity index (χ0v) is 22.0. The van der Waals surface area contributed by atoms with Gasteiger partial charge in [-0.25, -0.2) is 9.18 Å². The number of Topliss-reactive ketones (excluding diaryl/α,β-unsaturated/α-hetero) is 1. The van der Waals surface area contributed by atoms with Gasteiger partial charge in [-0.3, -0.25) is 19.3 Å². The van der Waals surface area contributed by atoms with Crippen molar-refractivity contribution < 1.29 is 28.3 Å². The Morgan fingerprint density at radius 2 is 1.76 bits per heavy atom. The summed E-state index contributed by atoms with van der Waals surface area (Å²) in [6.45, 7) is 3.54. The Kier molecular flexibility index (Phi) is 8.42. The number of benzene rings is 2. The summed E-state index contributed by atoms with van der Waals surface area (Å²) >= 11 is 3.34. The molecule has 0 bridgehead atoms. The second kappa shape index (κ2) is 11.7. The minimum Gasteiger partial charge on any atom is -0.442 e. The van der Waals surface area contributed by atoms with Crippen LogP contribution >= 0.6 is 15.9 Å². The van der Waals surface area contributed by atoms with Crippen LogP contribution in [-0.4, -0.2) is 74.0 Å². The molecule has 11 heteroatoms. The van der Waals surface area contributed by atoms with Gasteiger partial charge in [0.05, 0.1) is 24.5 Å². The van der Waals surface area contributed by atoms with Crippen LogP contribution in [0.25, 0.3) is 0 Å². The molecule has 4 rings (SSSR count). The molecular weight excluding hydrogens is 547 g/mol. The molecule has 0 radical (unpaired) electrons. The second-order valence-electron chi connectivity index (χ2n) is 8.99. The van der Waals surface area contributed by atoms with Gasteiger partial charge in [0, 0.05) is 56.0 Å². The van der Waals surface area contributed by atoms with E-state index in [2.05, 4.69) is 21.2 Å². The first kappa shape index (κ1) is 26.6. The Morgan fingerprint density at radius 3 is 2.41 bits per heavy atom. The van der Waals surface area contributed by atoms with E-state index in [0.29, 0.717) is 43.1 Å². The van der Waals surface area contributed by atoms with Crippen molar-refractivity contribution in [2.75, 3.05) is 49.1 Å². The number of anilines is 2. The first-order chi connectivity index (χ1) is 17.7. The highest BCUT2D eigenvalue weighted by Gasteiger charge is 2.33. The van der Waals surface area contributed by atoms with Crippen LogP contribution in [0.1, 0.15) is 30.1 Å². The number of hydrogen-bond donors (Lipinski definition) is 1. The lowest BCUT2D eigenvalue weighted by Gasteiger charge is -2.36. The van der Waals surface area contributed by atoms with Crippen molar-refractivity contribution in [1.29, 1.82) is 0 Å². The van der Waals surface area contributed by atoms with E-state index in [1.165, 1.54) is 17.9 Å². The SMILES string of the molecule is CC(=O)NC[C@H]1CN(c2ccc(N3CCN(C(=O)CCC(=O)c4ccc(Br)cc4)CC3)c(F)c2)C(=O)O1. The molecule has 37 heavy (non-hydrogen) atoms. The van der Waals surface area contributed by atoms with Crippen molar-refractivity contribution in [2.45, 2.75) is 25.9 Å². The van der Waals surface area contributed by atoms with Crippen LogP contribution in [0.5, 0.6) is 0 Å². The summed E-state index contributed by atoms with van der Waals surface area (Å²) in [6.07, 6.45) is -0.822. The molecule has 2 aromatic rings. The molecule has 0 saturated carbocycles. The smallest absolute Gasteiger partial charge is 0.414 e. The van der Waals surface area contributed by atoms with Gasteiger partial charge in [0.1, 0.15) is 11.9 Å². The van der Waals surface area contributed by atoms with E-state index in [1.54, 1.807) is 41.3 Å². The van der Waals surface area contributed by atoms with Crippen LogP contribution in [-0.2, 0) is 14.3 Å². The number of cyclic esters (lactones) is 1. The van der Waals surface area contributed by atoms with Crippen LogP contribution in [0.15, 0.2) is 46.9 Å². The van der Waals surface area contributed by atoms with Gasteiger partial charge in [0.25, 0.3) is 0 Å². The van der Waals surface area contributed by atoms with E-state index in [9.17, 15) is 19.2 Å². The number of halogens is 2. The highest BCUT2D eigenvalue weighted by Crippen LogP contribution is 2.28. The number of nitrogens with one attached hydrogen (secondary N) is 1. The van der Waals surface area contributed by atoms with Crippen molar-refractivity contribution in [3.8, 4) is 0 Å². The average Bonchev–Trinajstić information content (AvgIpc) is 3.26. The molecule has 2 fully saturated rings. The Balaban J connectivity index is 1.28. The molecule has 0 aromatic heterocycles. The molecule has 1 N–H and O–H groups in total. The normalized spacial score (nSPS) is 17.5. The standard InChI is InChI=1S/C26H28BrFN4O5/c1-17(33)29-15-21-16-32(26(36)37-21)20-6-7-23(22(28)14-20)30-10-12-31(13-11-30)25(35)9-8-24(34)18-2-4-19(27)5-3-18/h2-7,14,21H,8-13,15-16H2,1H3,(H,29,33)/t21-/m0/s1. The Hall–Kier alpha value is -3.47. The number of rotatable bonds is 8. The minimum atomic E-state index is -0.590. The molecule has 9 nitrogen and oxygen atoms in total. The Bertz CT molecular complexity index is 1180. The van der Waals surface area contributed by atoms with E-state index in [1.807, 2.05) is 4.90 Å². The highest BCUT2D eigenvalue weighted by molar-refractivity contribution is 9.10. The van der Waals surface area contributed by atoms with E-state index in [4.69, 9.17) is 4.74 Å². The van der Waals surface area contributed by atoms with E-state index < -0.39 is 18.0 Å². The molecule has 1 atom stereocenters. The molecule has 0 spiro atoms. The lowest BCUT2D eigenvalue weighted by Crippen LogP contribution is -2.49. The number of amides is 3. The molecular formula is C26H28BrFN4O5. The zero-order chi connectivity index (χ0) is 26.5. The number of nitrogens with zero attached hydrogens (tertiary/aromatic N) is 3. The van der Waals surface area contributed by atoms with Crippen molar-refractivity contribution in [3.05, 3.63) is 58.3 Å². The lowest BCUT2D eigenvalue weighted by molar-refractivity contribution is -0.131. The first-order valence-corrected chi connectivity index (χ1v) is 12.8. The van der Waals surface area contributed by atoms with Crippen molar-refractivity contribution in [1.82, 2.24) is 10.2 Å². The Morgan fingerprint density at radius 1 is 1.05 bits per heavy atom. The predicted molar refractivity (Wildman–Crippen MR) is 139 cm³/mol. The fourth-order valence-corrected chi connectivity index (χ4v) is 4.64. The van der Waals surface area contributed by atoms with Crippen molar-refractivity contribution >= 4 is 51.0 Å². The van der Waals surface area contributed by atoms with Crippen LogP contribution in [0.2, 0.25) is 0 Å². The van der Waals surface area contributed by atoms with Gasteiger partial charge in [0.15, 0.2) is 5.78 Å². The summed E-state index contributed by atoms with van der Waals surface area (Å²) in [6, 6.07) is 11.6. The van der Waals surface area contributed by atoms with Gasteiger partial charge < -0.3 is 19.9 Å². The van der Waals surface area contributed by atoms with Gasteiger partial charge >= 0.3 is 6.09 Å². The number of piperazine rings is 1. The largest absolute Gasteiger partial charge is 0.442 e. The van der Waals surface area contributed by atoms with Crippen molar-refractivity contribution in [3.63, 3.8) is 0 Å². The highest BCUT2D eigenvalue weighted by atomic mass is 79.9. The van der Waals surface area contributed by atoms with Gasteiger partial charge in [-0.2, -0.15) is 0 Å². The van der Waals surface area contributed by atoms with E-state index in [-0.39, 0.29) is 43.5 Å². The lowest BCUT2D eigenvalue weighted by atomic mass is 10.1. The van der Waals surface area contributed by atoms with E-state index in [0.717, 1.165) is 4.47 Å². The van der Waals surface area contributed by atoms with Gasteiger partial charge in [-0.15, -0.1) is 0 Å².